The molecule has 0 aromatic rings. The average Bonchev–Trinajstić information content (AvgIpc) is 3.37. The minimum absolute atomic E-state index is 0.0894. The molecular formula is C65H114O6. The van der Waals surface area contributed by atoms with E-state index < -0.39 is 6.10 Å². The van der Waals surface area contributed by atoms with Crippen LogP contribution in [0.1, 0.15) is 303 Å². The van der Waals surface area contributed by atoms with E-state index in [2.05, 4.69) is 93.7 Å². The van der Waals surface area contributed by atoms with Gasteiger partial charge in [0.1, 0.15) is 13.2 Å². The molecule has 0 bridgehead atoms. The van der Waals surface area contributed by atoms with Crippen LogP contribution in [0.3, 0.4) is 0 Å². The Labute approximate surface area is 440 Å². The van der Waals surface area contributed by atoms with Crippen molar-refractivity contribution in [3.05, 3.63) is 72.9 Å². The van der Waals surface area contributed by atoms with E-state index in [1.54, 1.807) is 0 Å². The standard InChI is InChI=1S/C65H114O6/c1-4-7-10-13-16-19-22-25-28-30-31-32-33-35-37-40-43-46-49-52-55-58-64(67)70-61-62(60-69-63(66)57-54-51-48-45-42-39-36-27-24-21-18-15-12-9-6-3)71-65(68)59-56-53-50-47-44-41-38-34-29-26-23-20-17-14-11-8-5-2/h9,12,18,21,25-29,36,42,45,62H,4-8,10-11,13-17,19-20,22-24,30-35,37-41,43-44,46-61H2,1-3H3/b12-9-,21-18-,28-25-,29-26-,36-27-,45-42-/t62-/m1/s1. The minimum Gasteiger partial charge on any atom is -0.462 e. The fourth-order valence-electron chi connectivity index (χ4n) is 8.60. The maximum atomic E-state index is 12.9. The number of carbonyl (C=O) groups excluding carboxylic acids is 3. The smallest absolute Gasteiger partial charge is 0.306 e. The fraction of sp³-hybridized carbons (Fsp3) is 0.769. The third-order valence-corrected chi connectivity index (χ3v) is 13.2. The van der Waals surface area contributed by atoms with Crippen LogP contribution in [0.2, 0.25) is 0 Å². The fourth-order valence-corrected chi connectivity index (χ4v) is 8.60. The Morgan fingerprint density at radius 2 is 0.549 bits per heavy atom. The monoisotopic (exact) mass is 991 g/mol. The van der Waals surface area contributed by atoms with Crippen molar-refractivity contribution >= 4 is 17.9 Å². The summed E-state index contributed by atoms with van der Waals surface area (Å²) in [5.41, 5.74) is 0. The van der Waals surface area contributed by atoms with Gasteiger partial charge < -0.3 is 14.2 Å². The van der Waals surface area contributed by atoms with E-state index in [1.165, 1.54) is 180 Å². The van der Waals surface area contributed by atoms with Crippen LogP contribution < -0.4 is 0 Å². The van der Waals surface area contributed by atoms with Gasteiger partial charge in [-0.25, -0.2) is 0 Å². The molecule has 1 atom stereocenters. The molecule has 0 heterocycles. The minimum atomic E-state index is -0.795. The molecule has 71 heavy (non-hydrogen) atoms. The molecule has 0 radical (unpaired) electrons. The van der Waals surface area contributed by atoms with E-state index in [0.29, 0.717) is 19.3 Å². The van der Waals surface area contributed by atoms with Crippen molar-refractivity contribution < 1.29 is 28.6 Å². The van der Waals surface area contributed by atoms with Crippen LogP contribution in [0.15, 0.2) is 72.9 Å². The van der Waals surface area contributed by atoms with Gasteiger partial charge in [-0.1, -0.05) is 248 Å². The second kappa shape index (κ2) is 59.4. The summed E-state index contributed by atoms with van der Waals surface area (Å²) in [5, 5.41) is 0. The third kappa shape index (κ3) is 57.6. The van der Waals surface area contributed by atoms with Crippen LogP contribution in [-0.2, 0) is 28.6 Å². The van der Waals surface area contributed by atoms with Crippen LogP contribution in [0.25, 0.3) is 0 Å². The first kappa shape index (κ1) is 67.8. The summed E-state index contributed by atoms with van der Waals surface area (Å²) in [6, 6.07) is 0. The number of hydrogen-bond acceptors (Lipinski definition) is 6. The summed E-state index contributed by atoms with van der Waals surface area (Å²) in [6.07, 6.45) is 76.2. The Morgan fingerprint density at radius 3 is 0.901 bits per heavy atom. The molecule has 0 rings (SSSR count). The van der Waals surface area contributed by atoms with Crippen molar-refractivity contribution in [1.29, 1.82) is 0 Å². The van der Waals surface area contributed by atoms with Crippen LogP contribution >= 0.6 is 0 Å². The number of carbonyl (C=O) groups is 3. The zero-order chi connectivity index (χ0) is 51.4. The topological polar surface area (TPSA) is 78.9 Å². The first-order valence-corrected chi connectivity index (χ1v) is 30.4. The molecule has 0 aliphatic carbocycles. The summed E-state index contributed by atoms with van der Waals surface area (Å²) in [6.45, 7) is 6.51. The summed E-state index contributed by atoms with van der Waals surface area (Å²) in [4.78, 5) is 38.2. The normalized spacial score (nSPS) is 12.5. The molecule has 0 N–H and O–H groups in total. The van der Waals surface area contributed by atoms with Gasteiger partial charge >= 0.3 is 17.9 Å². The molecule has 0 fully saturated rings. The summed E-state index contributed by atoms with van der Waals surface area (Å²) in [7, 11) is 0. The second-order valence-corrected chi connectivity index (χ2v) is 20.2. The second-order valence-electron chi connectivity index (χ2n) is 20.2. The van der Waals surface area contributed by atoms with Crippen LogP contribution in [0.5, 0.6) is 0 Å². The van der Waals surface area contributed by atoms with Crippen molar-refractivity contribution in [3.8, 4) is 0 Å². The first-order chi connectivity index (χ1) is 35.0. The highest BCUT2D eigenvalue weighted by Crippen LogP contribution is 2.16. The zero-order valence-electron chi connectivity index (χ0n) is 47.0. The molecule has 6 nitrogen and oxygen atoms in total. The van der Waals surface area contributed by atoms with Crippen molar-refractivity contribution in [2.45, 2.75) is 309 Å². The molecule has 6 heteroatoms. The predicted molar refractivity (Wildman–Crippen MR) is 307 cm³/mol. The van der Waals surface area contributed by atoms with E-state index >= 15 is 0 Å². The van der Waals surface area contributed by atoms with Crippen LogP contribution in [0, 0.1) is 0 Å². The Balaban J connectivity index is 4.39. The van der Waals surface area contributed by atoms with Gasteiger partial charge in [0.2, 0.25) is 0 Å². The molecule has 0 aliphatic heterocycles. The lowest BCUT2D eigenvalue weighted by Crippen LogP contribution is -2.30. The van der Waals surface area contributed by atoms with E-state index in [4.69, 9.17) is 14.2 Å². The Bertz CT molecular complexity index is 1320. The number of unbranched alkanes of at least 4 members (excludes halogenated alkanes) is 32. The molecule has 0 unspecified atom stereocenters. The van der Waals surface area contributed by atoms with E-state index in [-0.39, 0.29) is 31.1 Å². The average molecular weight is 992 g/mol. The Hall–Kier alpha value is -3.15. The lowest BCUT2D eigenvalue weighted by atomic mass is 10.0. The zero-order valence-corrected chi connectivity index (χ0v) is 47.0. The van der Waals surface area contributed by atoms with Gasteiger partial charge in [0.15, 0.2) is 6.10 Å². The maximum Gasteiger partial charge on any atom is 0.306 e. The molecule has 0 saturated heterocycles. The van der Waals surface area contributed by atoms with Crippen LogP contribution in [0.4, 0.5) is 0 Å². The molecule has 0 saturated carbocycles. The van der Waals surface area contributed by atoms with Gasteiger partial charge in [0.25, 0.3) is 0 Å². The van der Waals surface area contributed by atoms with E-state index in [9.17, 15) is 14.4 Å². The highest BCUT2D eigenvalue weighted by Gasteiger charge is 2.19. The lowest BCUT2D eigenvalue weighted by molar-refractivity contribution is -0.167. The molecule has 0 aliphatic rings. The lowest BCUT2D eigenvalue weighted by Gasteiger charge is -2.18. The van der Waals surface area contributed by atoms with Crippen molar-refractivity contribution in [2.75, 3.05) is 13.2 Å². The maximum absolute atomic E-state index is 12.9. The third-order valence-electron chi connectivity index (χ3n) is 13.2. The molecule has 410 valence electrons. The summed E-state index contributed by atoms with van der Waals surface area (Å²) >= 11 is 0. The number of hydrogen-bond donors (Lipinski definition) is 0. The van der Waals surface area contributed by atoms with Gasteiger partial charge in [-0.15, -0.1) is 0 Å². The first-order valence-electron chi connectivity index (χ1n) is 30.4. The van der Waals surface area contributed by atoms with Gasteiger partial charge in [0.05, 0.1) is 0 Å². The van der Waals surface area contributed by atoms with Gasteiger partial charge in [0, 0.05) is 19.3 Å². The number of rotatable bonds is 55. The summed E-state index contributed by atoms with van der Waals surface area (Å²) in [5.74, 6) is -0.927. The molecule has 0 aromatic heterocycles. The van der Waals surface area contributed by atoms with Crippen molar-refractivity contribution in [3.63, 3.8) is 0 Å². The van der Waals surface area contributed by atoms with E-state index in [0.717, 1.165) is 83.5 Å². The van der Waals surface area contributed by atoms with Gasteiger partial charge in [-0.05, 0) is 109 Å². The predicted octanol–water partition coefficient (Wildman–Crippen LogP) is 20.5. The number of ether oxygens (including phenoxy) is 3. The number of allylic oxidation sites excluding steroid dienone is 12. The Kier molecular flexibility index (Phi) is 56.8. The highest BCUT2D eigenvalue weighted by molar-refractivity contribution is 5.71. The molecular weight excluding hydrogens is 877 g/mol. The van der Waals surface area contributed by atoms with Crippen molar-refractivity contribution in [1.82, 2.24) is 0 Å². The largest absolute Gasteiger partial charge is 0.462 e. The molecule has 0 amide bonds. The van der Waals surface area contributed by atoms with Gasteiger partial charge in [-0.2, -0.15) is 0 Å². The van der Waals surface area contributed by atoms with Gasteiger partial charge in [-0.3, -0.25) is 14.4 Å². The summed E-state index contributed by atoms with van der Waals surface area (Å²) < 4.78 is 16.9. The van der Waals surface area contributed by atoms with Crippen molar-refractivity contribution in [2.24, 2.45) is 0 Å². The highest BCUT2D eigenvalue weighted by atomic mass is 16.6. The van der Waals surface area contributed by atoms with E-state index in [1.807, 2.05) is 0 Å². The van der Waals surface area contributed by atoms with Crippen LogP contribution in [-0.4, -0.2) is 37.2 Å². The SMILES string of the molecule is CC/C=C\C/C=C\C/C=C\C/C=C\CCCCC(=O)OC[C@H](COC(=O)CCCCCCCCCCCCC/C=C\CCCCCCCC)OC(=O)CCCCCCCCC/C=C\CCCCCCCC. The molecule has 0 aromatic carbocycles. The number of esters is 3. The Morgan fingerprint density at radius 1 is 0.296 bits per heavy atom. The quantitative estimate of drug-likeness (QED) is 0.0261. The molecule has 0 spiro atoms.